The smallest absolute Gasteiger partial charge is 0.337 e. The average molecular weight is 399 g/mol. The minimum atomic E-state index is -0.360. The SMILES string of the molecule is CCOC(=O)CCCCN(Cc1ccc(C(=O)OC)cc1)Cc1ccccc1O. The Morgan fingerprint density at radius 1 is 1.00 bits per heavy atom. The number of ether oxygens (including phenoxy) is 2. The molecule has 0 amide bonds. The lowest BCUT2D eigenvalue weighted by molar-refractivity contribution is -0.143. The molecule has 156 valence electrons. The molecule has 0 radical (unpaired) electrons. The average Bonchev–Trinajstić information content (AvgIpc) is 2.73. The Morgan fingerprint density at radius 2 is 1.72 bits per heavy atom. The van der Waals surface area contributed by atoms with Crippen molar-refractivity contribution in [2.45, 2.75) is 39.3 Å². The topological polar surface area (TPSA) is 76.1 Å². The molecule has 0 saturated heterocycles. The van der Waals surface area contributed by atoms with Crippen molar-refractivity contribution in [2.24, 2.45) is 0 Å². The molecule has 0 heterocycles. The van der Waals surface area contributed by atoms with Crippen molar-refractivity contribution in [3.8, 4) is 5.75 Å². The third-order valence-electron chi connectivity index (χ3n) is 4.58. The number of rotatable bonds is 11. The molecule has 0 spiro atoms. The third kappa shape index (κ3) is 7.58. The second-order valence-electron chi connectivity index (χ2n) is 6.79. The summed E-state index contributed by atoms with van der Waals surface area (Å²) in [5.41, 5.74) is 2.42. The number of esters is 2. The minimum Gasteiger partial charge on any atom is -0.508 e. The Kier molecular flexibility index (Phi) is 9.18. The Bertz CT molecular complexity index is 788. The highest BCUT2D eigenvalue weighted by Gasteiger charge is 2.12. The molecule has 0 saturated carbocycles. The second kappa shape index (κ2) is 11.9. The van der Waals surface area contributed by atoms with Gasteiger partial charge in [-0.25, -0.2) is 4.79 Å². The molecule has 0 fully saturated rings. The van der Waals surface area contributed by atoms with Crippen LogP contribution in [0.4, 0.5) is 0 Å². The molecular formula is C23H29NO5. The van der Waals surface area contributed by atoms with Crippen LogP contribution in [0.25, 0.3) is 0 Å². The van der Waals surface area contributed by atoms with Crippen molar-refractivity contribution in [2.75, 3.05) is 20.3 Å². The van der Waals surface area contributed by atoms with Crippen molar-refractivity contribution in [1.82, 2.24) is 4.90 Å². The van der Waals surface area contributed by atoms with E-state index in [0.29, 0.717) is 31.7 Å². The van der Waals surface area contributed by atoms with Gasteiger partial charge < -0.3 is 14.6 Å². The van der Waals surface area contributed by atoms with Crippen LogP contribution in [0.5, 0.6) is 5.75 Å². The number of phenolic OH excluding ortho intramolecular Hbond substituents is 1. The van der Waals surface area contributed by atoms with Crippen LogP contribution in [0, 0.1) is 0 Å². The predicted octanol–water partition coefficient (Wildman–Crippen LogP) is 3.91. The van der Waals surface area contributed by atoms with Crippen molar-refractivity contribution in [3.63, 3.8) is 0 Å². The van der Waals surface area contributed by atoms with E-state index in [4.69, 9.17) is 9.47 Å². The summed E-state index contributed by atoms with van der Waals surface area (Å²) in [5.74, 6) is -0.259. The molecule has 0 aliphatic heterocycles. The molecule has 2 aromatic carbocycles. The number of carbonyl (C=O) groups excluding carboxylic acids is 2. The summed E-state index contributed by atoms with van der Waals surface area (Å²) in [6, 6.07) is 14.6. The van der Waals surface area contributed by atoms with Crippen LogP contribution in [-0.2, 0) is 27.4 Å². The van der Waals surface area contributed by atoms with Crippen molar-refractivity contribution < 1.29 is 24.2 Å². The highest BCUT2D eigenvalue weighted by Crippen LogP contribution is 2.20. The Labute approximate surface area is 172 Å². The fraction of sp³-hybridized carbons (Fsp3) is 0.391. The summed E-state index contributed by atoms with van der Waals surface area (Å²) < 4.78 is 9.71. The molecule has 2 rings (SSSR count). The molecule has 0 aromatic heterocycles. The Hall–Kier alpha value is -2.86. The van der Waals surface area contributed by atoms with Gasteiger partial charge in [0.25, 0.3) is 0 Å². The van der Waals surface area contributed by atoms with Gasteiger partial charge in [0, 0.05) is 25.1 Å². The number of nitrogens with zero attached hydrogens (tertiary/aromatic N) is 1. The zero-order valence-corrected chi connectivity index (χ0v) is 17.1. The highest BCUT2D eigenvalue weighted by atomic mass is 16.5. The molecule has 6 heteroatoms. The highest BCUT2D eigenvalue weighted by molar-refractivity contribution is 5.89. The third-order valence-corrected chi connectivity index (χ3v) is 4.58. The lowest BCUT2D eigenvalue weighted by Gasteiger charge is -2.23. The fourth-order valence-corrected chi connectivity index (χ4v) is 3.06. The monoisotopic (exact) mass is 399 g/mol. The Morgan fingerprint density at radius 3 is 2.38 bits per heavy atom. The Balaban J connectivity index is 2.00. The number of benzene rings is 2. The maximum absolute atomic E-state index is 11.6. The van der Waals surface area contributed by atoms with Crippen LogP contribution in [0.3, 0.4) is 0 Å². The van der Waals surface area contributed by atoms with Gasteiger partial charge in [-0.2, -0.15) is 0 Å². The van der Waals surface area contributed by atoms with Crippen LogP contribution in [-0.4, -0.2) is 42.2 Å². The minimum absolute atomic E-state index is 0.168. The van der Waals surface area contributed by atoms with Crippen LogP contribution < -0.4 is 0 Å². The zero-order valence-electron chi connectivity index (χ0n) is 17.1. The summed E-state index contributed by atoms with van der Waals surface area (Å²) in [6.45, 7) is 4.23. The maximum Gasteiger partial charge on any atom is 0.337 e. The first-order chi connectivity index (χ1) is 14.0. The van der Waals surface area contributed by atoms with Gasteiger partial charge in [0.1, 0.15) is 5.75 Å². The number of hydrogen-bond acceptors (Lipinski definition) is 6. The molecule has 2 aromatic rings. The standard InChI is InChI=1S/C23H29NO5/c1-3-29-22(26)10-6-7-15-24(17-20-8-4-5-9-21(20)25)16-18-11-13-19(14-12-18)23(27)28-2/h4-5,8-9,11-14,25H,3,6-7,10,15-17H2,1-2H3. The van der Waals surface area contributed by atoms with E-state index >= 15 is 0 Å². The predicted molar refractivity (Wildman–Crippen MR) is 110 cm³/mol. The quantitative estimate of drug-likeness (QED) is 0.456. The van der Waals surface area contributed by atoms with Crippen molar-refractivity contribution >= 4 is 11.9 Å². The van der Waals surface area contributed by atoms with E-state index in [1.807, 2.05) is 24.3 Å². The fourth-order valence-electron chi connectivity index (χ4n) is 3.06. The van der Waals surface area contributed by atoms with Gasteiger partial charge in [-0.15, -0.1) is 0 Å². The summed E-state index contributed by atoms with van der Waals surface area (Å²) in [5, 5.41) is 10.1. The number of aromatic hydroxyl groups is 1. The second-order valence-corrected chi connectivity index (χ2v) is 6.79. The number of methoxy groups -OCH3 is 1. The summed E-state index contributed by atoms with van der Waals surface area (Å²) in [4.78, 5) is 25.3. The maximum atomic E-state index is 11.6. The first kappa shape index (κ1) is 22.4. The van der Waals surface area contributed by atoms with Crippen molar-refractivity contribution in [3.05, 3.63) is 65.2 Å². The number of unbranched alkanes of at least 4 members (excludes halogenated alkanes) is 1. The first-order valence-corrected chi connectivity index (χ1v) is 9.85. The van der Waals surface area contributed by atoms with Gasteiger partial charge in [-0.05, 0) is 50.1 Å². The number of carbonyl (C=O) groups is 2. The molecule has 0 aliphatic carbocycles. The van der Waals surface area contributed by atoms with Gasteiger partial charge in [0.15, 0.2) is 0 Å². The van der Waals surface area contributed by atoms with Gasteiger partial charge in [0.2, 0.25) is 0 Å². The molecular weight excluding hydrogens is 370 g/mol. The van der Waals surface area contributed by atoms with Crippen LogP contribution in [0.15, 0.2) is 48.5 Å². The number of hydrogen-bond donors (Lipinski definition) is 1. The summed E-state index contributed by atoms with van der Waals surface area (Å²) in [7, 11) is 1.36. The summed E-state index contributed by atoms with van der Waals surface area (Å²) >= 11 is 0. The normalized spacial score (nSPS) is 10.7. The molecule has 0 bridgehead atoms. The van der Waals surface area contributed by atoms with Gasteiger partial charge in [0.05, 0.1) is 19.3 Å². The van der Waals surface area contributed by atoms with Gasteiger partial charge >= 0.3 is 11.9 Å². The van der Waals surface area contributed by atoms with Crippen LogP contribution >= 0.6 is 0 Å². The molecule has 0 atom stereocenters. The van der Waals surface area contributed by atoms with E-state index in [9.17, 15) is 14.7 Å². The van der Waals surface area contributed by atoms with Gasteiger partial charge in [-0.3, -0.25) is 9.69 Å². The molecule has 6 nitrogen and oxygen atoms in total. The van der Waals surface area contributed by atoms with Gasteiger partial charge in [-0.1, -0.05) is 30.3 Å². The van der Waals surface area contributed by atoms with E-state index in [-0.39, 0.29) is 17.7 Å². The van der Waals surface area contributed by atoms with E-state index < -0.39 is 0 Å². The lowest BCUT2D eigenvalue weighted by Crippen LogP contribution is -2.24. The van der Waals surface area contributed by atoms with E-state index in [0.717, 1.165) is 30.5 Å². The lowest BCUT2D eigenvalue weighted by atomic mass is 10.1. The van der Waals surface area contributed by atoms with Crippen LogP contribution in [0.2, 0.25) is 0 Å². The van der Waals surface area contributed by atoms with Crippen molar-refractivity contribution in [1.29, 1.82) is 0 Å². The summed E-state index contributed by atoms with van der Waals surface area (Å²) in [6.07, 6.45) is 2.00. The van der Waals surface area contributed by atoms with E-state index in [1.165, 1.54) is 7.11 Å². The molecule has 1 N–H and O–H groups in total. The largest absolute Gasteiger partial charge is 0.508 e. The van der Waals surface area contributed by atoms with E-state index in [2.05, 4.69) is 4.90 Å². The molecule has 0 unspecified atom stereocenters. The zero-order chi connectivity index (χ0) is 21.1. The number of phenols is 1. The first-order valence-electron chi connectivity index (χ1n) is 9.85. The number of para-hydroxylation sites is 1. The molecule has 29 heavy (non-hydrogen) atoms. The molecule has 0 aliphatic rings. The van der Waals surface area contributed by atoms with E-state index in [1.54, 1.807) is 31.2 Å². The van der Waals surface area contributed by atoms with Crippen LogP contribution in [0.1, 0.15) is 47.7 Å².